The first kappa shape index (κ1) is 9.40. The van der Waals surface area contributed by atoms with E-state index >= 15 is 0 Å². The fourth-order valence-electron chi connectivity index (χ4n) is 1.57. The normalized spacial score (nSPS) is 20.3. The molecule has 0 spiro atoms. The second-order valence-electron chi connectivity index (χ2n) is 3.44. The van der Waals surface area contributed by atoms with Gasteiger partial charge < -0.3 is 12.8 Å². The van der Waals surface area contributed by atoms with Crippen LogP contribution in [0.1, 0.15) is 12.0 Å². The van der Waals surface area contributed by atoms with E-state index < -0.39 is 0 Å². The van der Waals surface area contributed by atoms with E-state index in [4.69, 9.17) is 12.8 Å². The molecule has 0 bridgehead atoms. The van der Waals surface area contributed by atoms with Crippen molar-refractivity contribution in [3.8, 4) is 0 Å². The number of nitrogens with zero attached hydrogens (tertiary/aromatic N) is 2. The highest BCUT2D eigenvalue weighted by molar-refractivity contribution is 7.51. The first-order valence-corrected chi connectivity index (χ1v) is 5.16. The van der Waals surface area contributed by atoms with E-state index in [1.807, 2.05) is 6.07 Å². The van der Waals surface area contributed by atoms with E-state index in [0.717, 1.165) is 19.4 Å². The summed E-state index contributed by atoms with van der Waals surface area (Å²) in [4.78, 5) is 0. The molecule has 1 heterocycles. The second kappa shape index (κ2) is 4.37. The Balaban J connectivity index is 1.86. The van der Waals surface area contributed by atoms with E-state index in [1.165, 1.54) is 5.56 Å². The number of aryl methyl sites for hydroxylation is 1. The molecule has 0 fully saturated rings. The summed E-state index contributed by atoms with van der Waals surface area (Å²) in [5, 5.41) is 3.93. The third-order valence-electron chi connectivity index (χ3n) is 2.42. The molecule has 1 N–H and O–H groups in total. The van der Waals surface area contributed by atoms with Crippen molar-refractivity contribution >= 4 is 12.8 Å². The van der Waals surface area contributed by atoms with Crippen molar-refractivity contribution in [2.24, 2.45) is 5.22 Å². The number of rotatable bonds is 3. The van der Waals surface area contributed by atoms with Gasteiger partial charge in [-0.25, -0.2) is 0 Å². The van der Waals surface area contributed by atoms with Gasteiger partial charge in [0, 0.05) is 0 Å². The summed E-state index contributed by atoms with van der Waals surface area (Å²) in [6.45, 7) is 0.871. The summed E-state index contributed by atoms with van der Waals surface area (Å²) in [5.41, 5.74) is 4.27. The minimum absolute atomic E-state index is 0.366. The van der Waals surface area contributed by atoms with Crippen molar-refractivity contribution in [3.05, 3.63) is 35.9 Å². The van der Waals surface area contributed by atoms with Crippen LogP contribution in [0.5, 0.6) is 0 Å². The minimum Gasteiger partial charge on any atom is -0.533 e. The van der Waals surface area contributed by atoms with Crippen LogP contribution in [0, 0.1) is 0 Å². The average molecular weight is 207 g/mol. The lowest BCUT2D eigenvalue weighted by atomic mass is 10.1. The van der Waals surface area contributed by atoms with Crippen LogP contribution in [0.25, 0.3) is 0 Å². The lowest BCUT2D eigenvalue weighted by molar-refractivity contribution is -0.451. The molecule has 0 aromatic heterocycles. The topological polar surface area (TPSA) is 27.4 Å². The monoisotopic (exact) mass is 207 g/mol. The van der Waals surface area contributed by atoms with Gasteiger partial charge in [-0.15, -0.1) is 0 Å². The number of benzene rings is 1. The summed E-state index contributed by atoms with van der Waals surface area (Å²) in [5.74, 6) is 0. The van der Waals surface area contributed by atoms with Gasteiger partial charge in [-0.3, -0.25) is 4.10 Å². The molecule has 0 saturated carbocycles. The van der Waals surface area contributed by atoms with Crippen LogP contribution in [0.15, 0.2) is 35.6 Å². The second-order valence-corrected chi connectivity index (χ2v) is 3.82. The lowest BCUT2D eigenvalue weighted by Gasteiger charge is -2.11. The van der Waals surface area contributed by atoms with Crippen LogP contribution in [-0.2, 0) is 19.2 Å². The Hall–Kier alpha value is -1.16. The molecule has 0 saturated heterocycles. The standard InChI is InChI=1S/C10H13N3S/c14-13-10(8-11-12-13)7-6-9-4-2-1-3-5-9/h1-5,10-11H,6-8H2. The molecule has 1 aromatic rings. The summed E-state index contributed by atoms with van der Waals surface area (Å²) >= 11 is 5.04. The van der Waals surface area contributed by atoms with Gasteiger partial charge in [-0.05, 0) is 18.4 Å². The van der Waals surface area contributed by atoms with Crippen molar-refractivity contribution in [3.63, 3.8) is 0 Å². The van der Waals surface area contributed by atoms with Gasteiger partial charge in [-0.2, -0.15) is 5.43 Å². The molecule has 0 radical (unpaired) electrons. The van der Waals surface area contributed by atoms with E-state index in [2.05, 4.69) is 34.9 Å². The Bertz CT molecular complexity index is 323. The molecule has 14 heavy (non-hydrogen) atoms. The van der Waals surface area contributed by atoms with Gasteiger partial charge in [0.05, 0.1) is 5.22 Å². The van der Waals surface area contributed by atoms with Crippen LogP contribution in [0.2, 0.25) is 0 Å². The molecule has 74 valence electrons. The van der Waals surface area contributed by atoms with Crippen LogP contribution in [0.3, 0.4) is 0 Å². The van der Waals surface area contributed by atoms with Gasteiger partial charge in [0.2, 0.25) is 0 Å². The zero-order chi connectivity index (χ0) is 9.80. The van der Waals surface area contributed by atoms with Gasteiger partial charge >= 0.3 is 0 Å². The Labute approximate surface area is 89.4 Å². The molecule has 1 aliphatic heterocycles. The molecule has 2 rings (SSSR count). The molecular weight excluding hydrogens is 194 g/mol. The lowest BCUT2D eigenvalue weighted by Crippen LogP contribution is -2.22. The van der Waals surface area contributed by atoms with Crippen molar-refractivity contribution < 1.29 is 4.10 Å². The Kier molecular flexibility index (Phi) is 2.93. The van der Waals surface area contributed by atoms with Crippen LogP contribution < -0.4 is 5.43 Å². The molecule has 1 unspecified atom stereocenters. The highest BCUT2D eigenvalue weighted by Gasteiger charge is 2.18. The van der Waals surface area contributed by atoms with Crippen LogP contribution >= 0.6 is 0 Å². The molecule has 1 aliphatic rings. The van der Waals surface area contributed by atoms with Crippen molar-refractivity contribution in [1.82, 2.24) is 5.43 Å². The highest BCUT2D eigenvalue weighted by atomic mass is 32.1. The SMILES string of the molecule is [S-][N+]1=NNCC1CCc1ccccc1. The van der Waals surface area contributed by atoms with Gasteiger partial charge in [-0.1, -0.05) is 30.3 Å². The Morgan fingerprint density at radius 1 is 1.43 bits per heavy atom. The molecule has 0 aliphatic carbocycles. The quantitative estimate of drug-likeness (QED) is 0.600. The smallest absolute Gasteiger partial charge is 0.145 e. The van der Waals surface area contributed by atoms with Gasteiger partial charge in [0.25, 0.3) is 0 Å². The summed E-state index contributed by atoms with van der Waals surface area (Å²) in [6.07, 6.45) is 2.12. The van der Waals surface area contributed by atoms with Crippen LogP contribution in [-0.4, -0.2) is 16.7 Å². The molecule has 3 nitrogen and oxygen atoms in total. The summed E-state index contributed by atoms with van der Waals surface area (Å²) < 4.78 is 1.60. The molecular formula is C10H13N3S. The first-order valence-electron chi connectivity index (χ1n) is 4.80. The predicted molar refractivity (Wildman–Crippen MR) is 56.6 cm³/mol. The Morgan fingerprint density at radius 3 is 2.86 bits per heavy atom. The fourth-order valence-corrected chi connectivity index (χ4v) is 1.80. The van der Waals surface area contributed by atoms with Crippen LogP contribution in [0.4, 0.5) is 0 Å². The molecule has 0 amide bonds. The largest absolute Gasteiger partial charge is 0.533 e. The van der Waals surface area contributed by atoms with E-state index in [0.29, 0.717) is 6.04 Å². The average Bonchev–Trinajstić information content (AvgIpc) is 2.63. The van der Waals surface area contributed by atoms with Crippen molar-refractivity contribution in [2.75, 3.05) is 6.54 Å². The first-order chi connectivity index (χ1) is 6.86. The zero-order valence-electron chi connectivity index (χ0n) is 7.89. The maximum Gasteiger partial charge on any atom is 0.145 e. The fraction of sp³-hybridized carbons (Fsp3) is 0.400. The number of nitrogens with one attached hydrogen (secondary N) is 1. The Morgan fingerprint density at radius 2 is 2.21 bits per heavy atom. The number of hydrogen-bond acceptors (Lipinski definition) is 3. The highest BCUT2D eigenvalue weighted by Crippen LogP contribution is 2.08. The molecule has 4 heteroatoms. The maximum atomic E-state index is 5.04. The zero-order valence-corrected chi connectivity index (χ0v) is 8.70. The van der Waals surface area contributed by atoms with E-state index in [9.17, 15) is 0 Å². The maximum absolute atomic E-state index is 5.04. The van der Waals surface area contributed by atoms with Crippen molar-refractivity contribution in [2.45, 2.75) is 18.9 Å². The summed E-state index contributed by atoms with van der Waals surface area (Å²) in [7, 11) is 0. The van der Waals surface area contributed by atoms with Gasteiger partial charge in [0.15, 0.2) is 0 Å². The third kappa shape index (κ3) is 2.20. The third-order valence-corrected chi connectivity index (χ3v) is 2.80. The van der Waals surface area contributed by atoms with Crippen molar-refractivity contribution in [1.29, 1.82) is 0 Å². The van der Waals surface area contributed by atoms with Gasteiger partial charge in [0.1, 0.15) is 12.6 Å². The van der Waals surface area contributed by atoms with E-state index in [1.54, 1.807) is 4.10 Å². The minimum atomic E-state index is 0.366. The molecule has 1 atom stereocenters. The summed E-state index contributed by atoms with van der Waals surface area (Å²) in [6, 6.07) is 10.8. The number of hydrogen-bond donors (Lipinski definition) is 1. The predicted octanol–water partition coefficient (Wildman–Crippen LogP) is 1.43. The molecule has 1 aromatic carbocycles. The van der Waals surface area contributed by atoms with E-state index in [-0.39, 0.29) is 0 Å².